The molecule has 0 amide bonds. The molecule has 0 aliphatic rings. The molecule has 0 aliphatic carbocycles. The minimum atomic E-state index is -5.17. The smallest absolute Gasteiger partial charge is 0.759 e. The molecule has 0 bridgehead atoms. The summed E-state index contributed by atoms with van der Waals surface area (Å²) in [5, 5.41) is 0. The summed E-state index contributed by atoms with van der Waals surface area (Å²) in [5.41, 5.74) is 0. The van der Waals surface area contributed by atoms with Crippen molar-refractivity contribution in [2.75, 3.05) is 0 Å². The van der Waals surface area contributed by atoms with Gasteiger partial charge in [-0.2, -0.15) is 0 Å². The molecule has 0 fully saturated rings. The maximum absolute atomic E-state index is 8.52. The Morgan fingerprint density at radius 2 is 0.636 bits per heavy atom. The summed E-state index contributed by atoms with van der Waals surface area (Å²) in [7, 11) is -10.3. The maximum Gasteiger partial charge on any atom is 1.00 e. The molecule has 0 N–H and O–H groups in total. The van der Waals surface area contributed by atoms with Gasteiger partial charge in [-0.3, -0.25) is 16.8 Å². The third-order valence-corrected chi connectivity index (χ3v) is 0. The van der Waals surface area contributed by atoms with Crippen LogP contribution in [0, 0.1) is 0 Å². The van der Waals surface area contributed by atoms with E-state index >= 15 is 0 Å². The molecule has 0 radical (unpaired) electrons. The van der Waals surface area contributed by atoms with Gasteiger partial charge in [0.1, 0.15) is 0 Å². The fraction of sp³-hybridized carbons (Fsp3) is 0. The Morgan fingerprint density at radius 1 is 0.636 bits per heavy atom. The minimum absolute atomic E-state index is 0. The van der Waals surface area contributed by atoms with E-state index < -0.39 is 20.8 Å². The number of rotatable bonds is 0. The van der Waals surface area contributed by atoms with Crippen molar-refractivity contribution in [1.82, 2.24) is 0 Å². The molecule has 0 saturated heterocycles. The standard InChI is InChI=1S/Na.2H2O4S/c;2*1-5(2,3)4/h;2*(H2,1,2,3,4)/q+1;;/p-4. The molecule has 0 unspecified atom stereocenters. The Labute approximate surface area is 85.1 Å². The molecule has 11 heavy (non-hydrogen) atoms. The van der Waals surface area contributed by atoms with E-state index in [1.807, 2.05) is 0 Å². The van der Waals surface area contributed by atoms with Gasteiger partial charge in [0.2, 0.25) is 0 Å². The largest absolute Gasteiger partial charge is 1.00 e. The molecule has 0 aromatic heterocycles. The van der Waals surface area contributed by atoms with Gasteiger partial charge >= 0.3 is 29.6 Å². The van der Waals surface area contributed by atoms with Crippen molar-refractivity contribution < 1.29 is 64.6 Å². The Bertz CT molecular complexity index is 208. The van der Waals surface area contributed by atoms with E-state index in [9.17, 15) is 0 Å². The molecule has 0 rings (SSSR count). The van der Waals surface area contributed by atoms with Gasteiger partial charge in [-0.05, 0) is 0 Å². The van der Waals surface area contributed by atoms with Crippen LogP contribution in [-0.4, -0.2) is 35.0 Å². The van der Waals surface area contributed by atoms with E-state index in [4.69, 9.17) is 35.0 Å². The molecule has 0 aromatic rings. The van der Waals surface area contributed by atoms with Gasteiger partial charge < -0.3 is 18.2 Å². The van der Waals surface area contributed by atoms with E-state index in [2.05, 4.69) is 0 Å². The van der Waals surface area contributed by atoms with Gasteiger partial charge in [-0.25, -0.2) is 0 Å². The normalized spacial score (nSPS) is 10.5. The van der Waals surface area contributed by atoms with Crippen LogP contribution in [0.2, 0.25) is 0 Å². The summed E-state index contributed by atoms with van der Waals surface area (Å²) >= 11 is 0. The Hall–Kier alpha value is 0.740. The average molecular weight is 215 g/mol. The van der Waals surface area contributed by atoms with E-state index in [1.165, 1.54) is 0 Å². The zero-order valence-electron chi connectivity index (χ0n) is 5.08. The van der Waals surface area contributed by atoms with Gasteiger partial charge in [-0.1, -0.05) is 0 Å². The fourth-order valence-corrected chi connectivity index (χ4v) is 0. The van der Waals surface area contributed by atoms with Crippen molar-refractivity contribution in [2.24, 2.45) is 0 Å². The van der Waals surface area contributed by atoms with E-state index in [0.717, 1.165) is 0 Å². The number of hydrogen-bond donors (Lipinski definition) is 0. The van der Waals surface area contributed by atoms with Crippen LogP contribution in [0.15, 0.2) is 0 Å². The van der Waals surface area contributed by atoms with E-state index in [0.29, 0.717) is 0 Å². The number of hydrogen-bond acceptors (Lipinski definition) is 8. The van der Waals surface area contributed by atoms with Gasteiger partial charge in [-0.15, -0.1) is 0 Å². The van der Waals surface area contributed by atoms with Gasteiger partial charge in [0.15, 0.2) is 0 Å². The van der Waals surface area contributed by atoms with Crippen LogP contribution in [0.1, 0.15) is 0 Å². The van der Waals surface area contributed by atoms with Crippen molar-refractivity contribution in [3.8, 4) is 0 Å². The first-order chi connectivity index (χ1) is 4.00. The predicted molar refractivity (Wildman–Crippen MR) is 20.9 cm³/mol. The zero-order chi connectivity index (χ0) is 9.00. The van der Waals surface area contributed by atoms with Crippen LogP contribution in [-0.2, 0) is 20.8 Å². The first kappa shape index (κ1) is 17.7. The molecular formula is NaO8S2-3. The molecule has 0 saturated carbocycles. The topological polar surface area (TPSA) is 161 Å². The molecule has 11 heteroatoms. The van der Waals surface area contributed by atoms with Crippen LogP contribution in [0.3, 0.4) is 0 Å². The molecule has 0 heterocycles. The molecule has 0 aromatic carbocycles. The summed E-state index contributed by atoms with van der Waals surface area (Å²) in [5.74, 6) is 0. The minimum Gasteiger partial charge on any atom is -0.759 e. The van der Waals surface area contributed by atoms with Crippen molar-refractivity contribution in [3.63, 3.8) is 0 Å². The van der Waals surface area contributed by atoms with Gasteiger partial charge in [0, 0.05) is 20.8 Å². The second-order valence-corrected chi connectivity index (χ2v) is 2.45. The quantitative estimate of drug-likeness (QED) is 0.219. The maximum atomic E-state index is 8.52. The summed E-state index contributed by atoms with van der Waals surface area (Å²) in [6.45, 7) is 0. The molecule has 0 atom stereocenters. The molecule has 64 valence electrons. The van der Waals surface area contributed by atoms with Crippen LogP contribution in [0.5, 0.6) is 0 Å². The van der Waals surface area contributed by atoms with Crippen molar-refractivity contribution in [3.05, 3.63) is 0 Å². The van der Waals surface area contributed by atoms with Crippen molar-refractivity contribution in [2.45, 2.75) is 0 Å². The van der Waals surface area contributed by atoms with Gasteiger partial charge in [0.05, 0.1) is 0 Å². The van der Waals surface area contributed by atoms with E-state index in [-0.39, 0.29) is 29.6 Å². The predicted octanol–water partition coefficient (Wildman–Crippen LogP) is -5.67. The Kier molecular flexibility index (Phi) is 10.1. The second kappa shape index (κ2) is 6.28. The Balaban J connectivity index is -0.000000107. The molecule has 0 spiro atoms. The monoisotopic (exact) mass is 215 g/mol. The fourth-order valence-electron chi connectivity index (χ4n) is 0. The molecule has 0 aliphatic heterocycles. The first-order valence-electron chi connectivity index (χ1n) is 1.33. The van der Waals surface area contributed by atoms with Crippen LogP contribution >= 0.6 is 0 Å². The van der Waals surface area contributed by atoms with Crippen LogP contribution in [0.4, 0.5) is 0 Å². The van der Waals surface area contributed by atoms with Gasteiger partial charge in [0.25, 0.3) is 0 Å². The summed E-state index contributed by atoms with van der Waals surface area (Å²) in [6, 6.07) is 0. The second-order valence-electron chi connectivity index (χ2n) is 0.816. The third-order valence-electron chi connectivity index (χ3n) is 0. The summed E-state index contributed by atoms with van der Waals surface area (Å²) in [6.07, 6.45) is 0. The van der Waals surface area contributed by atoms with Crippen LogP contribution < -0.4 is 29.6 Å². The van der Waals surface area contributed by atoms with Crippen LogP contribution in [0.25, 0.3) is 0 Å². The summed E-state index contributed by atoms with van der Waals surface area (Å²) in [4.78, 5) is 0. The molecule has 8 nitrogen and oxygen atoms in total. The SMILES string of the molecule is O=S(=O)([O-])[O-].O=S(=O)([O-])[O-].[Na+]. The summed E-state index contributed by atoms with van der Waals surface area (Å²) < 4.78 is 68.2. The molecular weight excluding hydrogens is 215 g/mol. The van der Waals surface area contributed by atoms with Crippen molar-refractivity contribution >= 4 is 20.8 Å². The van der Waals surface area contributed by atoms with E-state index in [1.54, 1.807) is 0 Å². The third kappa shape index (κ3) is 1500. The van der Waals surface area contributed by atoms with Crippen molar-refractivity contribution in [1.29, 1.82) is 0 Å². The Morgan fingerprint density at radius 3 is 0.636 bits per heavy atom. The average Bonchev–Trinajstić information content (AvgIpc) is 1.12. The zero-order valence-corrected chi connectivity index (χ0v) is 8.72. The first-order valence-corrected chi connectivity index (χ1v) is 4.00.